The van der Waals surface area contributed by atoms with Crippen LogP contribution >= 0.6 is 15.9 Å². The molecule has 0 saturated carbocycles. The molecule has 2 aromatic heterocycles. The van der Waals surface area contributed by atoms with Gasteiger partial charge in [-0.1, -0.05) is 107 Å². The Morgan fingerprint density at radius 3 is 1.89 bits per heavy atom. The molecule has 0 bridgehead atoms. The van der Waals surface area contributed by atoms with Crippen molar-refractivity contribution in [3.05, 3.63) is 126 Å². The molecule has 0 aliphatic rings. The molecule has 3 nitrogen and oxygen atoms in total. The van der Waals surface area contributed by atoms with Gasteiger partial charge in [0.25, 0.3) is 0 Å². The summed E-state index contributed by atoms with van der Waals surface area (Å²) in [6.07, 6.45) is 0. The molecule has 7 aromatic rings. The van der Waals surface area contributed by atoms with E-state index in [4.69, 9.17) is 9.97 Å². The molecule has 4 heteroatoms. The van der Waals surface area contributed by atoms with Gasteiger partial charge < -0.3 is 0 Å². The van der Waals surface area contributed by atoms with E-state index in [0.717, 1.165) is 38.1 Å². The minimum absolute atomic E-state index is 0.699. The van der Waals surface area contributed by atoms with Gasteiger partial charge in [-0.2, -0.15) is 0 Å². The highest BCUT2D eigenvalue weighted by atomic mass is 79.9. The largest absolute Gasteiger partial charge is 0.294 e. The summed E-state index contributed by atoms with van der Waals surface area (Å²) in [5.41, 5.74) is 5.22. The van der Waals surface area contributed by atoms with E-state index in [1.165, 1.54) is 21.5 Å². The van der Waals surface area contributed by atoms with E-state index < -0.39 is 0 Å². The lowest BCUT2D eigenvalue weighted by atomic mass is 10.0. The first-order valence-electron chi connectivity index (χ1n) is 11.9. The second kappa shape index (κ2) is 8.43. The molecule has 0 unspecified atom stereocenters. The Hall–Kier alpha value is -4.28. The van der Waals surface area contributed by atoms with Gasteiger partial charge in [-0.3, -0.25) is 4.57 Å². The molecule has 0 fully saturated rings. The van der Waals surface area contributed by atoms with Gasteiger partial charge in [0.05, 0.1) is 16.7 Å². The fourth-order valence-electron chi connectivity index (χ4n) is 5.03. The van der Waals surface area contributed by atoms with Crippen molar-refractivity contribution in [2.45, 2.75) is 0 Å². The van der Waals surface area contributed by atoms with Crippen LogP contribution in [-0.4, -0.2) is 14.5 Å². The number of nitrogens with zero attached hydrogens (tertiary/aromatic N) is 3. The number of para-hydroxylation sites is 2. The molecule has 5 aromatic carbocycles. The highest BCUT2D eigenvalue weighted by molar-refractivity contribution is 9.10. The molecule has 0 atom stereocenters. The van der Waals surface area contributed by atoms with E-state index in [2.05, 4.69) is 130 Å². The SMILES string of the molecule is Brc1ccc(-c2nc(-c3cccc4ccccc34)cc(-n3c4ccccc4c4ccccc43)n2)cc1. The van der Waals surface area contributed by atoms with Gasteiger partial charge in [0.2, 0.25) is 0 Å². The fourth-order valence-corrected chi connectivity index (χ4v) is 5.30. The number of fused-ring (bicyclic) bond motifs is 4. The summed E-state index contributed by atoms with van der Waals surface area (Å²) in [7, 11) is 0. The quantitative estimate of drug-likeness (QED) is 0.230. The summed E-state index contributed by atoms with van der Waals surface area (Å²) < 4.78 is 3.28. The predicted octanol–water partition coefficient (Wildman–Crippen LogP) is 8.82. The summed E-state index contributed by atoms with van der Waals surface area (Å²) in [5.74, 6) is 1.55. The van der Waals surface area contributed by atoms with Crippen LogP contribution in [0.5, 0.6) is 0 Å². The lowest BCUT2D eigenvalue weighted by Crippen LogP contribution is -2.02. The zero-order valence-corrected chi connectivity index (χ0v) is 20.9. The number of hydrogen-bond acceptors (Lipinski definition) is 2. The molecule has 2 heterocycles. The van der Waals surface area contributed by atoms with E-state index in [0.29, 0.717) is 5.82 Å². The van der Waals surface area contributed by atoms with Crippen molar-refractivity contribution >= 4 is 48.5 Å². The average molecular weight is 526 g/mol. The van der Waals surface area contributed by atoms with Crippen molar-refractivity contribution in [2.24, 2.45) is 0 Å². The summed E-state index contributed by atoms with van der Waals surface area (Å²) in [5, 5.41) is 4.79. The third-order valence-corrected chi connectivity index (χ3v) is 7.22. The molecule has 7 rings (SSSR count). The van der Waals surface area contributed by atoms with Gasteiger partial charge in [-0.25, -0.2) is 9.97 Å². The number of halogens is 1. The Labute approximate surface area is 216 Å². The van der Waals surface area contributed by atoms with Crippen LogP contribution in [0.25, 0.3) is 61.0 Å². The van der Waals surface area contributed by atoms with Crippen LogP contribution in [0.2, 0.25) is 0 Å². The molecule has 0 N–H and O–H groups in total. The minimum atomic E-state index is 0.699. The molecular weight excluding hydrogens is 506 g/mol. The van der Waals surface area contributed by atoms with Gasteiger partial charge in [0.1, 0.15) is 5.82 Å². The zero-order chi connectivity index (χ0) is 24.1. The predicted molar refractivity (Wildman–Crippen MR) is 152 cm³/mol. The van der Waals surface area contributed by atoms with Crippen LogP contribution in [0.4, 0.5) is 0 Å². The summed E-state index contributed by atoms with van der Waals surface area (Å²) in [6, 6.07) is 42.2. The number of rotatable bonds is 3. The maximum atomic E-state index is 5.12. The second-order valence-corrected chi connectivity index (χ2v) is 9.75. The van der Waals surface area contributed by atoms with Crippen LogP contribution in [0.3, 0.4) is 0 Å². The van der Waals surface area contributed by atoms with Crippen molar-refractivity contribution in [1.82, 2.24) is 14.5 Å². The second-order valence-electron chi connectivity index (χ2n) is 8.84. The maximum Gasteiger partial charge on any atom is 0.162 e. The fraction of sp³-hybridized carbons (Fsp3) is 0. The van der Waals surface area contributed by atoms with Crippen LogP contribution in [-0.2, 0) is 0 Å². The molecule has 0 amide bonds. The lowest BCUT2D eigenvalue weighted by molar-refractivity contribution is 1.05. The van der Waals surface area contributed by atoms with E-state index in [-0.39, 0.29) is 0 Å². The number of benzene rings is 5. The Morgan fingerprint density at radius 2 is 1.17 bits per heavy atom. The molecule has 0 saturated heterocycles. The first kappa shape index (κ1) is 21.0. The van der Waals surface area contributed by atoms with Crippen LogP contribution < -0.4 is 0 Å². The molecule has 0 spiro atoms. The van der Waals surface area contributed by atoms with Gasteiger partial charge in [-0.15, -0.1) is 0 Å². The van der Waals surface area contributed by atoms with E-state index in [9.17, 15) is 0 Å². The van der Waals surface area contributed by atoms with Gasteiger partial charge in [0.15, 0.2) is 5.82 Å². The van der Waals surface area contributed by atoms with Crippen molar-refractivity contribution in [3.63, 3.8) is 0 Å². The molecule has 36 heavy (non-hydrogen) atoms. The smallest absolute Gasteiger partial charge is 0.162 e. The maximum absolute atomic E-state index is 5.12. The van der Waals surface area contributed by atoms with E-state index in [1.54, 1.807) is 0 Å². The third-order valence-electron chi connectivity index (χ3n) is 6.69. The van der Waals surface area contributed by atoms with Gasteiger partial charge in [0, 0.05) is 32.4 Å². The van der Waals surface area contributed by atoms with E-state index in [1.807, 2.05) is 12.1 Å². The van der Waals surface area contributed by atoms with Crippen molar-refractivity contribution in [1.29, 1.82) is 0 Å². The first-order chi connectivity index (χ1) is 17.8. The Kier molecular flexibility index (Phi) is 4.93. The van der Waals surface area contributed by atoms with Crippen molar-refractivity contribution in [2.75, 3.05) is 0 Å². The number of aromatic nitrogens is 3. The van der Waals surface area contributed by atoms with Gasteiger partial charge in [-0.05, 0) is 35.0 Å². The monoisotopic (exact) mass is 525 g/mol. The molecule has 0 aliphatic heterocycles. The molecule has 0 radical (unpaired) electrons. The third kappa shape index (κ3) is 3.42. The van der Waals surface area contributed by atoms with Crippen LogP contribution in [0, 0.1) is 0 Å². The highest BCUT2D eigenvalue weighted by Crippen LogP contribution is 2.34. The topological polar surface area (TPSA) is 30.7 Å². The van der Waals surface area contributed by atoms with Crippen LogP contribution in [0.1, 0.15) is 0 Å². The average Bonchev–Trinajstić information content (AvgIpc) is 3.27. The lowest BCUT2D eigenvalue weighted by Gasteiger charge is -2.13. The summed E-state index contributed by atoms with van der Waals surface area (Å²) in [6.45, 7) is 0. The van der Waals surface area contributed by atoms with Crippen molar-refractivity contribution < 1.29 is 0 Å². The summed E-state index contributed by atoms with van der Waals surface area (Å²) >= 11 is 3.55. The minimum Gasteiger partial charge on any atom is -0.294 e. The Bertz CT molecular complexity index is 1840. The van der Waals surface area contributed by atoms with Crippen LogP contribution in [0.15, 0.2) is 126 Å². The van der Waals surface area contributed by atoms with Gasteiger partial charge >= 0.3 is 0 Å². The normalized spacial score (nSPS) is 11.5. The number of hydrogen-bond donors (Lipinski definition) is 0. The molecule has 0 aliphatic carbocycles. The molecule has 170 valence electrons. The highest BCUT2D eigenvalue weighted by Gasteiger charge is 2.16. The zero-order valence-electron chi connectivity index (χ0n) is 19.3. The van der Waals surface area contributed by atoms with E-state index >= 15 is 0 Å². The Morgan fingerprint density at radius 1 is 0.556 bits per heavy atom. The molecular formula is C32H20BrN3. The first-order valence-corrected chi connectivity index (χ1v) is 12.7. The Balaban J connectivity index is 1.57. The standard InChI is InChI=1S/C32H20BrN3/c33-23-18-16-22(17-19-23)32-34-28(25-13-7-9-21-8-1-2-10-24(21)25)20-31(35-32)36-29-14-5-3-11-26(29)27-12-4-6-15-30(27)36/h1-20H. The van der Waals surface area contributed by atoms with Crippen molar-refractivity contribution in [3.8, 4) is 28.5 Å². The summed E-state index contributed by atoms with van der Waals surface area (Å²) in [4.78, 5) is 10.2.